The van der Waals surface area contributed by atoms with Gasteiger partial charge >= 0.3 is 0 Å². The average Bonchev–Trinajstić information content (AvgIpc) is 2.62. The molecule has 24 heavy (non-hydrogen) atoms. The molecule has 3 rings (SSSR count). The second-order valence-electron chi connectivity index (χ2n) is 7.60. The number of ketones is 1. The Morgan fingerprint density at radius 1 is 1.33 bits per heavy atom. The smallest absolute Gasteiger partial charge is 0.133 e. The summed E-state index contributed by atoms with van der Waals surface area (Å²) in [6, 6.07) is 8.45. The Morgan fingerprint density at radius 2 is 2.21 bits per heavy atom. The highest BCUT2D eigenvalue weighted by molar-refractivity contribution is 5.81. The maximum absolute atomic E-state index is 12.3. The summed E-state index contributed by atoms with van der Waals surface area (Å²) in [5, 5.41) is 0. The van der Waals surface area contributed by atoms with Crippen LogP contribution in [0.2, 0.25) is 0 Å². The zero-order chi connectivity index (χ0) is 17.0. The molecule has 0 N–H and O–H groups in total. The number of ether oxygens (including phenoxy) is 1. The molecule has 1 aromatic rings. The molecule has 2 aliphatic rings. The molecule has 1 saturated heterocycles. The minimum atomic E-state index is 0.0329. The van der Waals surface area contributed by atoms with E-state index in [2.05, 4.69) is 30.0 Å². The number of likely N-dealkylation sites (tertiary alicyclic amines) is 1. The standard InChI is InChI=1S/C21H31NO2/c1-3-4-5-12-22-13-11-21(15-19(23)10-9-18(21)16-22)17-7-6-8-20(14-17)24-2/h6-8,14,18H,3-5,9-13,15-16H2,1-2H3. The van der Waals surface area contributed by atoms with Crippen molar-refractivity contribution >= 4 is 5.78 Å². The van der Waals surface area contributed by atoms with Gasteiger partial charge in [0, 0.05) is 24.8 Å². The highest BCUT2D eigenvalue weighted by Crippen LogP contribution is 2.48. The molecular weight excluding hydrogens is 298 g/mol. The third kappa shape index (κ3) is 3.51. The zero-order valence-corrected chi connectivity index (χ0v) is 15.2. The highest BCUT2D eigenvalue weighted by Gasteiger charge is 2.47. The van der Waals surface area contributed by atoms with Crippen LogP contribution in [0.4, 0.5) is 0 Å². The second-order valence-corrected chi connectivity index (χ2v) is 7.60. The summed E-state index contributed by atoms with van der Waals surface area (Å²) in [6.45, 7) is 5.74. The predicted octanol–water partition coefficient (Wildman–Crippen LogP) is 4.20. The molecule has 3 nitrogen and oxygen atoms in total. The summed E-state index contributed by atoms with van der Waals surface area (Å²) in [7, 11) is 1.72. The van der Waals surface area contributed by atoms with Crippen molar-refractivity contribution in [2.24, 2.45) is 5.92 Å². The van der Waals surface area contributed by atoms with Crippen LogP contribution >= 0.6 is 0 Å². The van der Waals surface area contributed by atoms with Crippen LogP contribution in [0.5, 0.6) is 5.75 Å². The third-order valence-corrected chi connectivity index (χ3v) is 6.14. The zero-order valence-electron chi connectivity index (χ0n) is 15.2. The molecule has 0 aromatic heterocycles. The lowest BCUT2D eigenvalue weighted by Gasteiger charge is -2.50. The number of fused-ring (bicyclic) bond motifs is 1. The van der Waals surface area contributed by atoms with Crippen LogP contribution in [0.25, 0.3) is 0 Å². The Kier molecular flexibility index (Phi) is 5.60. The highest BCUT2D eigenvalue weighted by atomic mass is 16.5. The Labute approximate surface area is 146 Å². The van der Waals surface area contributed by atoms with Gasteiger partial charge in [0.15, 0.2) is 0 Å². The van der Waals surface area contributed by atoms with Gasteiger partial charge in [0.1, 0.15) is 11.5 Å². The van der Waals surface area contributed by atoms with Gasteiger partial charge < -0.3 is 9.64 Å². The van der Waals surface area contributed by atoms with Crippen LogP contribution in [0.1, 0.15) is 57.4 Å². The first kappa shape index (κ1) is 17.5. The summed E-state index contributed by atoms with van der Waals surface area (Å²) < 4.78 is 5.44. The van der Waals surface area contributed by atoms with Crippen LogP contribution in [0.15, 0.2) is 24.3 Å². The van der Waals surface area contributed by atoms with E-state index in [0.29, 0.717) is 18.1 Å². The summed E-state index contributed by atoms with van der Waals surface area (Å²) in [6.07, 6.45) is 7.52. The van der Waals surface area contributed by atoms with Gasteiger partial charge in [-0.05, 0) is 56.0 Å². The molecule has 132 valence electrons. The normalized spacial score (nSPS) is 27.8. The Bertz CT molecular complexity index is 571. The quantitative estimate of drug-likeness (QED) is 0.733. The minimum absolute atomic E-state index is 0.0329. The monoisotopic (exact) mass is 329 g/mol. The fourth-order valence-corrected chi connectivity index (χ4v) is 4.72. The topological polar surface area (TPSA) is 29.5 Å². The number of carbonyl (C=O) groups is 1. The molecule has 0 radical (unpaired) electrons. The first-order valence-corrected chi connectivity index (χ1v) is 9.56. The lowest BCUT2D eigenvalue weighted by molar-refractivity contribution is -0.125. The van der Waals surface area contributed by atoms with Gasteiger partial charge in [-0.25, -0.2) is 0 Å². The first-order valence-electron chi connectivity index (χ1n) is 9.56. The van der Waals surface area contributed by atoms with Crippen molar-refractivity contribution in [3.63, 3.8) is 0 Å². The molecule has 1 aliphatic carbocycles. The van der Waals surface area contributed by atoms with E-state index in [1.807, 2.05) is 6.07 Å². The summed E-state index contributed by atoms with van der Waals surface area (Å²) in [4.78, 5) is 14.9. The maximum Gasteiger partial charge on any atom is 0.133 e. The lowest BCUT2D eigenvalue weighted by atomic mass is 9.59. The van der Waals surface area contributed by atoms with E-state index in [1.54, 1.807) is 7.11 Å². The molecule has 0 spiro atoms. The molecule has 1 heterocycles. The van der Waals surface area contributed by atoms with Gasteiger partial charge in [-0.3, -0.25) is 4.79 Å². The van der Waals surface area contributed by atoms with Crippen molar-refractivity contribution in [3.05, 3.63) is 29.8 Å². The Morgan fingerprint density at radius 3 is 3.00 bits per heavy atom. The van der Waals surface area contributed by atoms with E-state index in [-0.39, 0.29) is 5.41 Å². The number of Topliss-reactive ketones (excluding diaryl/α,β-unsaturated/α-hetero) is 1. The van der Waals surface area contributed by atoms with E-state index in [0.717, 1.165) is 38.1 Å². The number of hydrogen-bond acceptors (Lipinski definition) is 3. The second kappa shape index (κ2) is 7.69. The number of methoxy groups -OCH3 is 1. The number of carbonyl (C=O) groups excluding carboxylic acids is 1. The van der Waals surface area contributed by atoms with E-state index in [1.165, 1.54) is 31.4 Å². The first-order chi connectivity index (χ1) is 11.7. The van der Waals surface area contributed by atoms with Crippen molar-refractivity contribution in [1.82, 2.24) is 4.90 Å². The van der Waals surface area contributed by atoms with Gasteiger partial charge in [-0.1, -0.05) is 31.9 Å². The number of rotatable bonds is 6. The van der Waals surface area contributed by atoms with Crippen LogP contribution in [-0.2, 0) is 10.2 Å². The largest absolute Gasteiger partial charge is 0.497 e. The van der Waals surface area contributed by atoms with Gasteiger partial charge in [-0.2, -0.15) is 0 Å². The van der Waals surface area contributed by atoms with Crippen LogP contribution < -0.4 is 4.74 Å². The molecular formula is C21H31NO2. The number of nitrogens with zero attached hydrogens (tertiary/aromatic N) is 1. The van der Waals surface area contributed by atoms with Crippen LogP contribution in [-0.4, -0.2) is 37.4 Å². The van der Waals surface area contributed by atoms with Crippen molar-refractivity contribution in [2.75, 3.05) is 26.7 Å². The summed E-state index contributed by atoms with van der Waals surface area (Å²) in [5.41, 5.74) is 1.35. The minimum Gasteiger partial charge on any atom is -0.497 e. The van der Waals surface area contributed by atoms with Crippen LogP contribution in [0.3, 0.4) is 0 Å². The maximum atomic E-state index is 12.3. The molecule has 0 bridgehead atoms. The molecule has 2 unspecified atom stereocenters. The molecule has 0 amide bonds. The molecule has 2 atom stereocenters. The predicted molar refractivity (Wildman–Crippen MR) is 97.6 cm³/mol. The van der Waals surface area contributed by atoms with E-state index in [9.17, 15) is 4.79 Å². The number of benzene rings is 1. The van der Waals surface area contributed by atoms with Gasteiger partial charge in [0.25, 0.3) is 0 Å². The Balaban J connectivity index is 1.81. The van der Waals surface area contributed by atoms with E-state index >= 15 is 0 Å². The fourth-order valence-electron chi connectivity index (χ4n) is 4.72. The van der Waals surface area contributed by atoms with E-state index in [4.69, 9.17) is 4.74 Å². The summed E-state index contributed by atoms with van der Waals surface area (Å²) >= 11 is 0. The number of unbranched alkanes of at least 4 members (excludes halogenated alkanes) is 2. The number of hydrogen-bond donors (Lipinski definition) is 0. The third-order valence-electron chi connectivity index (χ3n) is 6.14. The fraction of sp³-hybridized carbons (Fsp3) is 0.667. The van der Waals surface area contributed by atoms with Crippen molar-refractivity contribution in [2.45, 2.75) is 57.3 Å². The SMILES string of the molecule is CCCCCN1CCC2(c3cccc(OC)c3)CC(=O)CCC2C1. The summed E-state index contributed by atoms with van der Waals surface area (Å²) in [5.74, 6) is 1.94. The molecule has 2 fully saturated rings. The molecule has 1 aliphatic heterocycles. The molecule has 1 saturated carbocycles. The lowest BCUT2D eigenvalue weighted by Crippen LogP contribution is -2.53. The Hall–Kier alpha value is -1.35. The molecule has 3 heteroatoms. The van der Waals surface area contributed by atoms with Crippen LogP contribution in [0, 0.1) is 5.92 Å². The van der Waals surface area contributed by atoms with Crippen molar-refractivity contribution in [1.29, 1.82) is 0 Å². The average molecular weight is 329 g/mol. The van der Waals surface area contributed by atoms with Gasteiger partial charge in [0.2, 0.25) is 0 Å². The van der Waals surface area contributed by atoms with Crippen molar-refractivity contribution < 1.29 is 9.53 Å². The van der Waals surface area contributed by atoms with Gasteiger partial charge in [0.05, 0.1) is 7.11 Å². The van der Waals surface area contributed by atoms with Gasteiger partial charge in [-0.15, -0.1) is 0 Å². The number of piperidine rings is 1. The van der Waals surface area contributed by atoms with Crippen molar-refractivity contribution in [3.8, 4) is 5.75 Å². The molecule has 1 aromatic carbocycles. The van der Waals surface area contributed by atoms with E-state index < -0.39 is 0 Å².